The van der Waals surface area contributed by atoms with Crippen molar-refractivity contribution in [1.29, 1.82) is 0 Å². The third-order valence-corrected chi connectivity index (χ3v) is 2.30. The molecule has 2 amide bonds. The van der Waals surface area contributed by atoms with E-state index in [-0.39, 0.29) is 11.5 Å². The van der Waals surface area contributed by atoms with Gasteiger partial charge >= 0.3 is 0 Å². The Morgan fingerprint density at radius 3 is 2.06 bits per heavy atom. The SMILES string of the molecule is CC(=O)Nc1ccc(C(=O)NS(C)(=O)=O)cc1. The first-order chi connectivity index (χ1) is 7.78. The molecular formula is C10H12N2O4S. The molecule has 0 bridgehead atoms. The summed E-state index contributed by atoms with van der Waals surface area (Å²) < 4.78 is 23.5. The molecule has 0 unspecified atom stereocenters. The minimum absolute atomic E-state index is 0.199. The molecule has 0 aromatic heterocycles. The third-order valence-electron chi connectivity index (χ3n) is 1.75. The van der Waals surface area contributed by atoms with E-state index in [4.69, 9.17) is 0 Å². The average Bonchev–Trinajstić information content (AvgIpc) is 2.15. The first-order valence-corrected chi connectivity index (χ1v) is 6.57. The molecule has 7 heteroatoms. The highest BCUT2D eigenvalue weighted by molar-refractivity contribution is 7.89. The predicted molar refractivity (Wildman–Crippen MR) is 63.1 cm³/mol. The monoisotopic (exact) mass is 256 g/mol. The minimum Gasteiger partial charge on any atom is -0.326 e. The van der Waals surface area contributed by atoms with Gasteiger partial charge in [-0.1, -0.05) is 0 Å². The van der Waals surface area contributed by atoms with Crippen LogP contribution < -0.4 is 10.0 Å². The van der Waals surface area contributed by atoms with Gasteiger partial charge in [0, 0.05) is 18.2 Å². The average molecular weight is 256 g/mol. The molecule has 2 N–H and O–H groups in total. The molecular weight excluding hydrogens is 244 g/mol. The summed E-state index contributed by atoms with van der Waals surface area (Å²) in [5.74, 6) is -0.930. The number of sulfonamides is 1. The van der Waals surface area contributed by atoms with Gasteiger partial charge in [0.25, 0.3) is 5.91 Å². The van der Waals surface area contributed by atoms with Crippen molar-refractivity contribution in [2.75, 3.05) is 11.6 Å². The van der Waals surface area contributed by atoms with Crippen molar-refractivity contribution in [2.24, 2.45) is 0 Å². The summed E-state index contributed by atoms with van der Waals surface area (Å²) in [5, 5.41) is 2.53. The van der Waals surface area contributed by atoms with Gasteiger partial charge in [-0.2, -0.15) is 0 Å². The fourth-order valence-electron chi connectivity index (χ4n) is 1.14. The number of nitrogens with one attached hydrogen (secondary N) is 2. The zero-order valence-electron chi connectivity index (χ0n) is 9.35. The molecule has 0 heterocycles. The molecule has 0 atom stereocenters. The number of rotatable bonds is 3. The molecule has 92 valence electrons. The molecule has 0 aliphatic rings. The Morgan fingerprint density at radius 2 is 1.65 bits per heavy atom. The molecule has 0 aliphatic carbocycles. The second-order valence-corrected chi connectivity index (χ2v) is 5.21. The molecule has 17 heavy (non-hydrogen) atoms. The van der Waals surface area contributed by atoms with Crippen molar-refractivity contribution in [3.05, 3.63) is 29.8 Å². The van der Waals surface area contributed by atoms with Crippen molar-refractivity contribution < 1.29 is 18.0 Å². The molecule has 1 aromatic rings. The van der Waals surface area contributed by atoms with Crippen molar-refractivity contribution in [3.63, 3.8) is 0 Å². The van der Waals surface area contributed by atoms with Crippen LogP contribution in [0, 0.1) is 0 Å². The zero-order chi connectivity index (χ0) is 13.1. The Labute approximate surface area is 99.1 Å². The summed E-state index contributed by atoms with van der Waals surface area (Å²) in [6.45, 7) is 1.37. The summed E-state index contributed by atoms with van der Waals surface area (Å²) in [5.41, 5.74) is 0.734. The standard InChI is InChI=1S/C10H12N2O4S/c1-7(13)11-9-5-3-8(4-6-9)10(14)12-17(2,15)16/h3-6H,1-2H3,(H,11,13)(H,12,14). The van der Waals surface area contributed by atoms with Crippen LogP contribution in [-0.4, -0.2) is 26.5 Å². The van der Waals surface area contributed by atoms with Gasteiger partial charge in [-0.05, 0) is 24.3 Å². The van der Waals surface area contributed by atoms with Crippen LogP contribution in [0.4, 0.5) is 5.69 Å². The first kappa shape index (κ1) is 13.2. The molecule has 0 fully saturated rings. The van der Waals surface area contributed by atoms with Crippen LogP contribution in [0.1, 0.15) is 17.3 Å². The molecule has 1 rings (SSSR count). The number of carbonyl (C=O) groups is 2. The van der Waals surface area contributed by atoms with E-state index in [9.17, 15) is 18.0 Å². The fourth-order valence-corrected chi connectivity index (χ4v) is 1.59. The van der Waals surface area contributed by atoms with Gasteiger partial charge in [-0.3, -0.25) is 9.59 Å². The van der Waals surface area contributed by atoms with Crippen molar-refractivity contribution in [3.8, 4) is 0 Å². The highest BCUT2D eigenvalue weighted by Crippen LogP contribution is 2.09. The fraction of sp³-hybridized carbons (Fsp3) is 0.200. The van der Waals surface area contributed by atoms with Gasteiger partial charge in [0.05, 0.1) is 6.26 Å². The number of hydrogen-bond acceptors (Lipinski definition) is 4. The number of anilines is 1. The van der Waals surface area contributed by atoms with E-state index in [2.05, 4.69) is 5.32 Å². The smallest absolute Gasteiger partial charge is 0.264 e. The summed E-state index contributed by atoms with van der Waals surface area (Å²) in [6, 6.07) is 5.87. The van der Waals surface area contributed by atoms with E-state index < -0.39 is 15.9 Å². The quantitative estimate of drug-likeness (QED) is 0.815. The van der Waals surface area contributed by atoms with Crippen LogP contribution in [0.25, 0.3) is 0 Å². The number of hydrogen-bond donors (Lipinski definition) is 2. The van der Waals surface area contributed by atoms with Crippen LogP contribution in [-0.2, 0) is 14.8 Å². The lowest BCUT2D eigenvalue weighted by molar-refractivity contribution is -0.114. The second-order valence-electron chi connectivity index (χ2n) is 3.46. The van der Waals surface area contributed by atoms with Crippen LogP contribution >= 0.6 is 0 Å². The molecule has 1 aromatic carbocycles. The maximum Gasteiger partial charge on any atom is 0.264 e. The van der Waals surface area contributed by atoms with Gasteiger partial charge in [-0.25, -0.2) is 13.1 Å². The third kappa shape index (κ3) is 4.64. The number of carbonyl (C=O) groups excluding carboxylic acids is 2. The molecule has 0 saturated heterocycles. The molecule has 0 saturated carbocycles. The van der Waals surface area contributed by atoms with Gasteiger partial charge in [-0.15, -0.1) is 0 Å². The Balaban J connectivity index is 2.81. The lowest BCUT2D eigenvalue weighted by atomic mass is 10.2. The van der Waals surface area contributed by atoms with E-state index in [0.29, 0.717) is 5.69 Å². The summed E-state index contributed by atoms with van der Waals surface area (Å²) in [7, 11) is -3.57. The maximum atomic E-state index is 11.4. The Morgan fingerprint density at radius 1 is 1.12 bits per heavy atom. The maximum absolute atomic E-state index is 11.4. The van der Waals surface area contributed by atoms with Crippen molar-refractivity contribution >= 4 is 27.5 Å². The van der Waals surface area contributed by atoms with Crippen LogP contribution in [0.2, 0.25) is 0 Å². The van der Waals surface area contributed by atoms with Crippen molar-refractivity contribution in [1.82, 2.24) is 4.72 Å². The van der Waals surface area contributed by atoms with E-state index in [0.717, 1.165) is 6.26 Å². The van der Waals surface area contributed by atoms with Crippen LogP contribution in [0.3, 0.4) is 0 Å². The number of benzene rings is 1. The highest BCUT2D eigenvalue weighted by atomic mass is 32.2. The highest BCUT2D eigenvalue weighted by Gasteiger charge is 2.10. The normalized spacial score (nSPS) is 10.7. The van der Waals surface area contributed by atoms with E-state index >= 15 is 0 Å². The van der Waals surface area contributed by atoms with E-state index in [1.54, 1.807) is 0 Å². The van der Waals surface area contributed by atoms with E-state index in [1.807, 2.05) is 4.72 Å². The minimum atomic E-state index is -3.57. The van der Waals surface area contributed by atoms with Crippen LogP contribution in [0.5, 0.6) is 0 Å². The first-order valence-electron chi connectivity index (χ1n) is 4.68. The van der Waals surface area contributed by atoms with Gasteiger partial charge in [0.2, 0.25) is 15.9 Å². The summed E-state index contributed by atoms with van der Waals surface area (Å²) in [6.07, 6.45) is 0.899. The second kappa shape index (κ2) is 4.96. The lowest BCUT2D eigenvalue weighted by Crippen LogP contribution is -2.29. The molecule has 0 radical (unpaired) electrons. The largest absolute Gasteiger partial charge is 0.326 e. The van der Waals surface area contributed by atoms with Gasteiger partial charge in [0.1, 0.15) is 0 Å². The lowest BCUT2D eigenvalue weighted by Gasteiger charge is -2.04. The summed E-state index contributed by atoms with van der Waals surface area (Å²) >= 11 is 0. The van der Waals surface area contributed by atoms with Gasteiger partial charge < -0.3 is 5.32 Å². The molecule has 6 nitrogen and oxygen atoms in total. The van der Waals surface area contributed by atoms with Gasteiger partial charge in [0.15, 0.2) is 0 Å². The Hall–Kier alpha value is -1.89. The number of amides is 2. The van der Waals surface area contributed by atoms with Crippen molar-refractivity contribution in [2.45, 2.75) is 6.92 Å². The molecule has 0 aliphatic heterocycles. The Kier molecular flexibility index (Phi) is 3.84. The summed E-state index contributed by atoms with van der Waals surface area (Å²) in [4.78, 5) is 22.2. The topological polar surface area (TPSA) is 92.3 Å². The Bertz CT molecular complexity index is 534. The zero-order valence-corrected chi connectivity index (χ0v) is 10.2. The van der Waals surface area contributed by atoms with E-state index in [1.165, 1.54) is 31.2 Å². The van der Waals surface area contributed by atoms with Crippen LogP contribution in [0.15, 0.2) is 24.3 Å². The predicted octanol–water partition coefficient (Wildman–Crippen LogP) is 0.334. The molecule has 0 spiro atoms.